The second-order valence-corrected chi connectivity index (χ2v) is 10.7. The Labute approximate surface area is 232 Å². The first-order chi connectivity index (χ1) is 19.0. The van der Waals surface area contributed by atoms with Gasteiger partial charge in [-0.2, -0.15) is 23.4 Å². The van der Waals surface area contributed by atoms with Gasteiger partial charge in [0.25, 0.3) is 0 Å². The monoisotopic (exact) mass is 551 g/mol. The number of rotatable bonds is 6. The second kappa shape index (κ2) is 10.9. The Kier molecular flexibility index (Phi) is 7.57. The molecule has 0 amide bonds. The van der Waals surface area contributed by atoms with Gasteiger partial charge in [0, 0.05) is 50.2 Å². The summed E-state index contributed by atoms with van der Waals surface area (Å²) >= 11 is 0. The van der Waals surface area contributed by atoms with Crippen LogP contribution in [0, 0.1) is 11.3 Å². The first-order valence-corrected chi connectivity index (χ1v) is 13.2. The molecule has 1 aromatic heterocycles. The van der Waals surface area contributed by atoms with E-state index in [-0.39, 0.29) is 18.4 Å². The van der Waals surface area contributed by atoms with Crippen LogP contribution in [-0.4, -0.2) is 54.7 Å². The van der Waals surface area contributed by atoms with E-state index in [1.807, 2.05) is 62.4 Å². The zero-order valence-electron chi connectivity index (χ0n) is 22.7. The number of anilines is 4. The summed E-state index contributed by atoms with van der Waals surface area (Å²) in [6, 6.07) is 16.9. The molecule has 3 aromatic rings. The SMILES string of the molecule is CN1CCN(c2cc(Nc3ncc(C(F)(F)F)c(N4OCCC4c4ccccc4)n3)cc(C(C)(C)C#N)c2)CC1. The fraction of sp³-hybridized carbons (Fsp3) is 0.414. The van der Waals surface area contributed by atoms with Crippen LogP contribution in [0.2, 0.25) is 0 Å². The van der Waals surface area contributed by atoms with Crippen molar-refractivity contribution < 1.29 is 18.0 Å². The molecule has 5 rings (SSSR count). The van der Waals surface area contributed by atoms with Crippen molar-refractivity contribution in [1.82, 2.24) is 14.9 Å². The van der Waals surface area contributed by atoms with Crippen LogP contribution in [0.3, 0.4) is 0 Å². The number of nitrogens with zero attached hydrogens (tertiary/aromatic N) is 6. The number of benzene rings is 2. The van der Waals surface area contributed by atoms with Gasteiger partial charge in [0.1, 0.15) is 5.56 Å². The fourth-order valence-electron chi connectivity index (χ4n) is 4.94. The molecular formula is C29H32F3N7O. The molecule has 3 heterocycles. The average molecular weight is 552 g/mol. The van der Waals surface area contributed by atoms with Crippen LogP contribution in [0.25, 0.3) is 0 Å². The van der Waals surface area contributed by atoms with Crippen molar-refractivity contribution in [2.24, 2.45) is 0 Å². The lowest BCUT2D eigenvalue weighted by Crippen LogP contribution is -2.44. The van der Waals surface area contributed by atoms with E-state index < -0.39 is 23.2 Å². The molecule has 0 radical (unpaired) electrons. The van der Waals surface area contributed by atoms with Crippen LogP contribution in [-0.2, 0) is 16.4 Å². The van der Waals surface area contributed by atoms with Gasteiger partial charge >= 0.3 is 6.18 Å². The minimum absolute atomic E-state index is 0.00144. The summed E-state index contributed by atoms with van der Waals surface area (Å²) in [5.41, 5.74) is 1.38. The molecule has 2 aromatic carbocycles. The zero-order valence-corrected chi connectivity index (χ0v) is 22.7. The van der Waals surface area contributed by atoms with Crippen molar-refractivity contribution in [3.05, 3.63) is 71.4 Å². The molecule has 2 fully saturated rings. The fourth-order valence-corrected chi connectivity index (χ4v) is 4.94. The number of hydroxylamine groups is 1. The van der Waals surface area contributed by atoms with Gasteiger partial charge < -0.3 is 15.1 Å². The van der Waals surface area contributed by atoms with Crippen molar-refractivity contribution in [2.45, 2.75) is 37.9 Å². The molecule has 2 aliphatic heterocycles. The summed E-state index contributed by atoms with van der Waals surface area (Å²) in [5.74, 6) is -0.342. The number of halogens is 3. The maximum atomic E-state index is 14.1. The minimum atomic E-state index is -4.67. The maximum absolute atomic E-state index is 14.1. The van der Waals surface area contributed by atoms with Crippen LogP contribution >= 0.6 is 0 Å². The van der Waals surface area contributed by atoms with E-state index in [9.17, 15) is 18.4 Å². The van der Waals surface area contributed by atoms with E-state index >= 15 is 0 Å². The standard InChI is InChI=1S/C29H32F3N7O/c1-28(2,19-33)21-15-22(17-23(16-21)38-12-10-37(3)11-13-38)35-27-34-18-24(29(30,31)32)26(36-27)39-25(9-14-40-39)20-7-5-4-6-8-20/h4-8,15-18,25H,9-14H2,1-3H3,(H,34,35,36). The lowest BCUT2D eigenvalue weighted by atomic mass is 9.85. The van der Waals surface area contributed by atoms with E-state index in [2.05, 4.69) is 38.2 Å². The highest BCUT2D eigenvalue weighted by Gasteiger charge is 2.40. The van der Waals surface area contributed by atoms with Gasteiger partial charge in [-0.25, -0.2) is 10.0 Å². The first-order valence-electron chi connectivity index (χ1n) is 13.2. The van der Waals surface area contributed by atoms with Crippen LogP contribution in [0.1, 0.15) is 43.0 Å². The first kappa shape index (κ1) is 27.7. The third-order valence-corrected chi connectivity index (χ3v) is 7.42. The maximum Gasteiger partial charge on any atom is 0.421 e. The van der Waals surface area contributed by atoms with Crippen molar-refractivity contribution >= 4 is 23.1 Å². The molecule has 2 aliphatic rings. The summed E-state index contributed by atoms with van der Waals surface area (Å²) in [6.45, 7) is 7.38. The van der Waals surface area contributed by atoms with E-state index in [4.69, 9.17) is 4.84 Å². The molecule has 1 atom stereocenters. The number of likely N-dealkylation sites (N-methyl/N-ethyl adjacent to an activating group) is 1. The lowest BCUT2D eigenvalue weighted by molar-refractivity contribution is -0.138. The number of hydrogen-bond donors (Lipinski definition) is 1. The number of piperazine rings is 1. The number of nitriles is 1. The van der Waals surface area contributed by atoms with E-state index in [1.54, 1.807) is 0 Å². The smallest absolute Gasteiger partial charge is 0.369 e. The largest absolute Gasteiger partial charge is 0.421 e. The van der Waals surface area contributed by atoms with Crippen LogP contribution < -0.4 is 15.3 Å². The van der Waals surface area contributed by atoms with Crippen LogP contribution in [0.15, 0.2) is 54.7 Å². The highest BCUT2D eigenvalue weighted by atomic mass is 19.4. The summed E-state index contributed by atoms with van der Waals surface area (Å²) in [7, 11) is 2.07. The van der Waals surface area contributed by atoms with Gasteiger partial charge in [-0.3, -0.25) is 4.84 Å². The van der Waals surface area contributed by atoms with Gasteiger partial charge in [0.2, 0.25) is 5.95 Å². The Morgan fingerprint density at radius 2 is 1.77 bits per heavy atom. The molecule has 40 heavy (non-hydrogen) atoms. The minimum Gasteiger partial charge on any atom is -0.369 e. The molecule has 0 bridgehead atoms. The predicted octanol–water partition coefficient (Wildman–Crippen LogP) is 5.67. The molecule has 1 N–H and O–H groups in total. The Hall–Kier alpha value is -3.88. The molecule has 0 spiro atoms. The van der Waals surface area contributed by atoms with Crippen molar-refractivity contribution in [1.29, 1.82) is 5.26 Å². The molecule has 8 nitrogen and oxygen atoms in total. The highest BCUT2D eigenvalue weighted by molar-refractivity contribution is 5.66. The topological polar surface area (TPSA) is 80.6 Å². The zero-order chi connectivity index (χ0) is 28.5. The van der Waals surface area contributed by atoms with E-state index in [0.717, 1.165) is 49.2 Å². The number of nitrogens with one attached hydrogen (secondary N) is 1. The quantitative estimate of drug-likeness (QED) is 0.420. The molecule has 2 saturated heterocycles. The second-order valence-electron chi connectivity index (χ2n) is 10.7. The molecule has 1 unspecified atom stereocenters. The molecule has 210 valence electrons. The van der Waals surface area contributed by atoms with Crippen molar-refractivity contribution in [3.8, 4) is 6.07 Å². The Morgan fingerprint density at radius 3 is 2.45 bits per heavy atom. The Bertz CT molecular complexity index is 1380. The van der Waals surface area contributed by atoms with Gasteiger partial charge in [0.05, 0.1) is 24.1 Å². The van der Waals surface area contributed by atoms with E-state index in [1.165, 1.54) is 5.06 Å². The lowest BCUT2D eigenvalue weighted by Gasteiger charge is -2.35. The summed E-state index contributed by atoms with van der Waals surface area (Å²) in [4.78, 5) is 18.5. The summed E-state index contributed by atoms with van der Waals surface area (Å²) in [6.07, 6.45) is -3.36. The average Bonchev–Trinajstić information content (AvgIpc) is 3.43. The number of hydrogen-bond acceptors (Lipinski definition) is 8. The van der Waals surface area contributed by atoms with E-state index in [0.29, 0.717) is 12.1 Å². The third-order valence-electron chi connectivity index (χ3n) is 7.42. The molecule has 0 saturated carbocycles. The van der Waals surface area contributed by atoms with Gasteiger partial charge in [-0.1, -0.05) is 30.3 Å². The summed E-state index contributed by atoms with van der Waals surface area (Å²) < 4.78 is 42.2. The van der Waals surface area contributed by atoms with Crippen LogP contribution in [0.4, 0.5) is 36.3 Å². The molecular weight excluding hydrogens is 519 g/mol. The molecule has 0 aliphatic carbocycles. The Balaban J connectivity index is 1.52. The predicted molar refractivity (Wildman–Crippen MR) is 147 cm³/mol. The van der Waals surface area contributed by atoms with Crippen molar-refractivity contribution in [3.63, 3.8) is 0 Å². The summed E-state index contributed by atoms with van der Waals surface area (Å²) in [5, 5.41) is 14.2. The van der Waals surface area contributed by atoms with Gasteiger partial charge in [0.15, 0.2) is 5.82 Å². The molecule has 11 heteroatoms. The van der Waals surface area contributed by atoms with Gasteiger partial charge in [-0.15, -0.1) is 0 Å². The van der Waals surface area contributed by atoms with Gasteiger partial charge in [-0.05, 0) is 50.2 Å². The number of alkyl halides is 3. The third kappa shape index (κ3) is 5.83. The van der Waals surface area contributed by atoms with Crippen LogP contribution in [0.5, 0.6) is 0 Å². The number of aromatic nitrogens is 2. The van der Waals surface area contributed by atoms with Crippen molar-refractivity contribution in [2.75, 3.05) is 55.1 Å². The Morgan fingerprint density at radius 1 is 1.05 bits per heavy atom. The normalized spacial score (nSPS) is 18.6. The highest BCUT2D eigenvalue weighted by Crippen LogP contribution is 2.42.